The average molecular weight is 351 g/mol. The molecule has 25 heavy (non-hydrogen) atoms. The summed E-state index contributed by atoms with van der Waals surface area (Å²) in [6.07, 6.45) is 3.25. The van der Waals surface area contributed by atoms with Gasteiger partial charge in [0.15, 0.2) is 0 Å². The van der Waals surface area contributed by atoms with Crippen LogP contribution in [0, 0.1) is 5.82 Å². The number of ether oxygens (including phenoxy) is 1. The Kier molecular flexibility index (Phi) is 6.16. The van der Waals surface area contributed by atoms with Crippen LogP contribution in [0.25, 0.3) is 0 Å². The zero-order valence-electron chi connectivity index (χ0n) is 14.9. The number of rotatable bonds is 5. The molecule has 1 saturated carbocycles. The fourth-order valence-corrected chi connectivity index (χ4v) is 3.16. The molecule has 2 rings (SSSR count). The van der Waals surface area contributed by atoms with E-state index in [-0.39, 0.29) is 11.9 Å². The molecule has 0 heterocycles. The van der Waals surface area contributed by atoms with Gasteiger partial charge in [-0.05, 0) is 70.1 Å². The summed E-state index contributed by atoms with van der Waals surface area (Å²) in [6.45, 7) is 5.12. The van der Waals surface area contributed by atoms with Crippen molar-refractivity contribution in [2.75, 3.05) is 0 Å². The molecule has 0 spiro atoms. The van der Waals surface area contributed by atoms with Gasteiger partial charge in [-0.3, -0.25) is 5.32 Å². The number of halogens is 1. The van der Waals surface area contributed by atoms with E-state index < -0.39 is 23.6 Å². The zero-order chi connectivity index (χ0) is 18.6. The Morgan fingerprint density at radius 3 is 2.20 bits per heavy atom. The monoisotopic (exact) mass is 351 g/mol. The first kappa shape index (κ1) is 19.4. The molecule has 1 aliphatic rings. The molecule has 0 aliphatic heterocycles. The maximum absolute atomic E-state index is 13.0. The van der Waals surface area contributed by atoms with Crippen molar-refractivity contribution in [1.29, 1.82) is 0 Å². The van der Waals surface area contributed by atoms with Crippen LogP contribution in [-0.4, -0.2) is 34.7 Å². The van der Waals surface area contributed by atoms with E-state index in [1.54, 1.807) is 32.9 Å². The van der Waals surface area contributed by atoms with Gasteiger partial charge in [-0.1, -0.05) is 12.1 Å². The van der Waals surface area contributed by atoms with Gasteiger partial charge in [-0.25, -0.2) is 14.0 Å². The van der Waals surface area contributed by atoms with Crippen LogP contribution in [0.3, 0.4) is 0 Å². The van der Waals surface area contributed by atoms with Gasteiger partial charge in [0.1, 0.15) is 11.4 Å². The predicted molar refractivity (Wildman–Crippen MR) is 91.8 cm³/mol. The Labute approximate surface area is 147 Å². The van der Waals surface area contributed by atoms with Crippen molar-refractivity contribution < 1.29 is 23.8 Å². The molecule has 1 unspecified atom stereocenters. The number of aliphatic carboxylic acids is 1. The summed E-state index contributed by atoms with van der Waals surface area (Å²) < 4.78 is 18.2. The van der Waals surface area contributed by atoms with Crippen molar-refractivity contribution >= 4 is 11.9 Å². The fraction of sp³-hybridized carbons (Fsp3) is 0.579. The number of carbonyl (C=O) groups excluding carboxylic acids is 1. The van der Waals surface area contributed by atoms with E-state index in [2.05, 4.69) is 5.32 Å². The van der Waals surface area contributed by atoms with Crippen LogP contribution in [0.1, 0.15) is 57.9 Å². The Balaban J connectivity index is 1.91. The molecule has 0 amide bonds. The molecule has 0 radical (unpaired) electrons. The summed E-state index contributed by atoms with van der Waals surface area (Å²) in [4.78, 5) is 23.5. The van der Waals surface area contributed by atoms with E-state index in [0.29, 0.717) is 5.92 Å². The van der Waals surface area contributed by atoms with E-state index in [9.17, 15) is 19.1 Å². The fourth-order valence-electron chi connectivity index (χ4n) is 3.16. The molecular formula is C19H26FNO4. The van der Waals surface area contributed by atoms with Gasteiger partial charge >= 0.3 is 11.9 Å². The first-order valence-corrected chi connectivity index (χ1v) is 8.63. The number of carbonyl (C=O) groups is 2. The third kappa shape index (κ3) is 5.81. The van der Waals surface area contributed by atoms with Crippen molar-refractivity contribution in [3.8, 4) is 0 Å². The number of hydrogen-bond donors (Lipinski definition) is 2. The minimum atomic E-state index is -1.36. The summed E-state index contributed by atoms with van der Waals surface area (Å²) in [7, 11) is 0. The maximum atomic E-state index is 13.0. The van der Waals surface area contributed by atoms with E-state index >= 15 is 0 Å². The second kappa shape index (κ2) is 7.95. The normalized spacial score (nSPS) is 22.2. The predicted octanol–water partition coefficient (Wildman–Crippen LogP) is 3.24. The molecule has 0 aromatic heterocycles. The van der Waals surface area contributed by atoms with Gasteiger partial charge in [-0.15, -0.1) is 0 Å². The molecule has 6 heteroatoms. The largest absolute Gasteiger partial charge is 0.480 e. The van der Waals surface area contributed by atoms with Gasteiger partial charge in [0.25, 0.3) is 0 Å². The lowest BCUT2D eigenvalue weighted by molar-refractivity contribution is -0.163. The van der Waals surface area contributed by atoms with Crippen LogP contribution in [0.2, 0.25) is 0 Å². The van der Waals surface area contributed by atoms with Crippen LogP contribution >= 0.6 is 0 Å². The Morgan fingerprint density at radius 2 is 1.72 bits per heavy atom. The molecule has 1 aromatic rings. The average Bonchev–Trinajstić information content (AvgIpc) is 2.52. The smallest absolute Gasteiger partial charge is 0.335 e. The van der Waals surface area contributed by atoms with Crippen LogP contribution in [0.15, 0.2) is 24.3 Å². The second-order valence-electron chi connectivity index (χ2n) is 7.57. The summed E-state index contributed by atoms with van der Waals surface area (Å²) in [5, 5.41) is 12.3. The van der Waals surface area contributed by atoms with E-state index in [4.69, 9.17) is 4.74 Å². The third-order valence-electron chi connectivity index (χ3n) is 4.36. The van der Waals surface area contributed by atoms with Gasteiger partial charge in [0.2, 0.25) is 6.04 Å². The van der Waals surface area contributed by atoms with Gasteiger partial charge in [0.05, 0.1) is 0 Å². The van der Waals surface area contributed by atoms with Crippen LogP contribution in [0.5, 0.6) is 0 Å². The summed E-state index contributed by atoms with van der Waals surface area (Å²) in [6, 6.07) is 5.12. The van der Waals surface area contributed by atoms with Crippen molar-refractivity contribution in [2.24, 2.45) is 0 Å². The van der Waals surface area contributed by atoms with E-state index in [1.165, 1.54) is 12.1 Å². The molecule has 0 saturated heterocycles. The van der Waals surface area contributed by atoms with Crippen molar-refractivity contribution in [3.05, 3.63) is 35.6 Å². The number of nitrogens with one attached hydrogen (secondary N) is 1. The number of carboxylic acid groups (broad SMARTS) is 1. The highest BCUT2D eigenvalue weighted by molar-refractivity contribution is 5.98. The number of benzene rings is 1. The Hall–Kier alpha value is -1.95. The molecule has 2 N–H and O–H groups in total. The third-order valence-corrected chi connectivity index (χ3v) is 4.36. The van der Waals surface area contributed by atoms with Crippen LogP contribution < -0.4 is 5.32 Å². The first-order chi connectivity index (χ1) is 11.7. The number of esters is 1. The van der Waals surface area contributed by atoms with Gasteiger partial charge in [0, 0.05) is 6.04 Å². The van der Waals surface area contributed by atoms with Crippen molar-refractivity contribution in [2.45, 2.75) is 70.1 Å². The molecular weight excluding hydrogens is 325 g/mol. The van der Waals surface area contributed by atoms with Gasteiger partial charge in [-0.2, -0.15) is 0 Å². The highest BCUT2D eigenvalue weighted by atomic mass is 19.1. The molecule has 1 aromatic carbocycles. The standard InChI is InChI=1S/C19H26FNO4/c1-19(2,3)25-18(24)16(17(22)23)21-15-10-6-13(7-11-15)12-4-8-14(20)9-5-12/h4-5,8-9,13,15-16,21H,6-7,10-11H2,1-3H3,(H,22,23). The molecule has 1 atom stereocenters. The lowest BCUT2D eigenvalue weighted by atomic mass is 9.81. The van der Waals surface area contributed by atoms with Crippen LogP contribution in [-0.2, 0) is 14.3 Å². The molecule has 138 valence electrons. The topological polar surface area (TPSA) is 75.6 Å². The lowest BCUT2D eigenvalue weighted by Gasteiger charge is -2.31. The highest BCUT2D eigenvalue weighted by Gasteiger charge is 2.34. The number of carboxylic acids is 1. The second-order valence-corrected chi connectivity index (χ2v) is 7.57. The van der Waals surface area contributed by atoms with E-state index in [1.807, 2.05) is 0 Å². The van der Waals surface area contributed by atoms with Gasteiger partial charge < -0.3 is 9.84 Å². The Morgan fingerprint density at radius 1 is 1.16 bits per heavy atom. The quantitative estimate of drug-likeness (QED) is 0.629. The highest BCUT2D eigenvalue weighted by Crippen LogP contribution is 2.33. The molecule has 1 fully saturated rings. The van der Waals surface area contributed by atoms with E-state index in [0.717, 1.165) is 31.2 Å². The van der Waals surface area contributed by atoms with Crippen molar-refractivity contribution in [3.63, 3.8) is 0 Å². The minimum absolute atomic E-state index is 0.0506. The summed E-state index contributed by atoms with van der Waals surface area (Å²) >= 11 is 0. The number of hydrogen-bond acceptors (Lipinski definition) is 4. The molecule has 1 aliphatic carbocycles. The molecule has 0 bridgehead atoms. The lowest BCUT2D eigenvalue weighted by Crippen LogP contribution is -2.51. The minimum Gasteiger partial charge on any atom is -0.480 e. The Bertz CT molecular complexity index is 601. The molecule has 5 nitrogen and oxygen atoms in total. The SMILES string of the molecule is CC(C)(C)OC(=O)C(NC1CCC(c2ccc(F)cc2)CC1)C(=O)O. The first-order valence-electron chi connectivity index (χ1n) is 8.63. The van der Waals surface area contributed by atoms with Crippen molar-refractivity contribution in [1.82, 2.24) is 5.32 Å². The summed E-state index contributed by atoms with van der Waals surface area (Å²) in [5.41, 5.74) is 0.369. The van der Waals surface area contributed by atoms with Crippen LogP contribution in [0.4, 0.5) is 4.39 Å². The maximum Gasteiger partial charge on any atom is 0.335 e. The summed E-state index contributed by atoms with van der Waals surface area (Å²) in [5.74, 6) is -1.90. The zero-order valence-corrected chi connectivity index (χ0v) is 14.9.